The molecule has 0 bridgehead atoms. The molecule has 3 aliphatic rings. The van der Waals surface area contributed by atoms with Crippen LogP contribution in [0.3, 0.4) is 0 Å². The maximum Gasteiger partial charge on any atom is 0.422 e. The Morgan fingerprint density at radius 3 is 2.55 bits per heavy atom. The number of halogens is 4. The van der Waals surface area contributed by atoms with E-state index < -0.39 is 35.8 Å². The molecule has 2 aromatic rings. The monoisotopic (exact) mass is 485 g/mol. The molecule has 11 heteroatoms. The van der Waals surface area contributed by atoms with Gasteiger partial charge in [0.25, 0.3) is 5.56 Å². The van der Waals surface area contributed by atoms with E-state index >= 15 is 0 Å². The highest BCUT2D eigenvalue weighted by molar-refractivity contribution is 6.32. The Morgan fingerprint density at radius 2 is 2.00 bits per heavy atom. The number of carboxylic acids is 1. The fraction of sp³-hybridized carbons (Fsp3) is 0.455. The standard InChI is InChI=1S/C22H19ClF3NO6/c1-21(7-31-8-21)18-12-4-13(20(29)30)19(28)27(10-2-3-10)17(12)11-5-14(23)16(6-15(11)33-18)32-9-22(24,25)26/h4-6,10,18H,2-3,7-9H2,1H3,(H,29,30). The van der Waals surface area contributed by atoms with Crippen LogP contribution in [0.15, 0.2) is 23.0 Å². The Balaban J connectivity index is 1.73. The van der Waals surface area contributed by atoms with E-state index in [9.17, 15) is 27.9 Å². The summed E-state index contributed by atoms with van der Waals surface area (Å²) in [7, 11) is 0. The smallest absolute Gasteiger partial charge is 0.422 e. The van der Waals surface area contributed by atoms with Crippen LogP contribution in [0.25, 0.3) is 11.3 Å². The molecule has 0 amide bonds. The van der Waals surface area contributed by atoms with Crippen molar-refractivity contribution in [2.24, 2.45) is 5.41 Å². The van der Waals surface area contributed by atoms with Gasteiger partial charge in [-0.3, -0.25) is 4.79 Å². The zero-order valence-electron chi connectivity index (χ0n) is 17.4. The molecule has 1 aromatic carbocycles. The first-order chi connectivity index (χ1) is 15.5. The van der Waals surface area contributed by atoms with Gasteiger partial charge in [0.15, 0.2) is 6.61 Å². The Bertz CT molecular complexity index is 1220. The van der Waals surface area contributed by atoms with Gasteiger partial charge in [-0.25, -0.2) is 4.79 Å². The van der Waals surface area contributed by atoms with Crippen LogP contribution >= 0.6 is 11.6 Å². The maximum absolute atomic E-state index is 13.1. The summed E-state index contributed by atoms with van der Waals surface area (Å²) in [5.74, 6) is -1.34. The van der Waals surface area contributed by atoms with Crippen molar-refractivity contribution in [3.8, 4) is 22.8 Å². The lowest BCUT2D eigenvalue weighted by atomic mass is 9.76. The van der Waals surface area contributed by atoms with Crippen LogP contribution in [0, 0.1) is 5.41 Å². The van der Waals surface area contributed by atoms with Crippen LogP contribution in [0.1, 0.15) is 47.8 Å². The number of aromatic nitrogens is 1. The number of nitrogens with zero attached hydrogens (tertiary/aromatic N) is 1. The van der Waals surface area contributed by atoms with E-state index in [-0.39, 0.29) is 28.1 Å². The molecule has 33 heavy (non-hydrogen) atoms. The number of pyridine rings is 1. The molecule has 0 spiro atoms. The number of fused-ring (bicyclic) bond motifs is 3. The molecule has 1 saturated carbocycles. The average molecular weight is 486 g/mol. The largest absolute Gasteiger partial charge is 0.484 e. The highest BCUT2D eigenvalue weighted by Crippen LogP contribution is 2.54. The second-order valence-corrected chi connectivity index (χ2v) is 9.31. The van der Waals surface area contributed by atoms with Crippen LogP contribution in [0.5, 0.6) is 11.5 Å². The normalized spacial score (nSPS) is 20.8. The molecule has 5 rings (SSSR count). The van der Waals surface area contributed by atoms with Gasteiger partial charge >= 0.3 is 12.1 Å². The molecule has 2 aliphatic heterocycles. The number of carboxylic acid groups (broad SMARTS) is 1. The van der Waals surface area contributed by atoms with E-state index in [1.54, 1.807) is 0 Å². The predicted octanol–water partition coefficient (Wildman–Crippen LogP) is 4.61. The summed E-state index contributed by atoms with van der Waals surface area (Å²) in [6.45, 7) is 1.05. The molecule has 1 N–H and O–H groups in total. The number of carbonyl (C=O) groups is 1. The van der Waals surface area contributed by atoms with Crippen LogP contribution in [-0.4, -0.2) is 41.6 Å². The zero-order chi connectivity index (χ0) is 23.7. The topological polar surface area (TPSA) is 87.0 Å². The molecule has 0 radical (unpaired) electrons. The van der Waals surface area contributed by atoms with E-state index in [2.05, 4.69) is 0 Å². The Hall–Kier alpha value is -2.72. The number of benzene rings is 1. The molecule has 1 saturated heterocycles. The number of rotatable bonds is 5. The van der Waals surface area contributed by atoms with Gasteiger partial charge in [-0.05, 0) is 25.0 Å². The lowest BCUT2D eigenvalue weighted by Crippen LogP contribution is -2.48. The summed E-state index contributed by atoms with van der Waals surface area (Å²) in [4.78, 5) is 24.9. The summed E-state index contributed by atoms with van der Waals surface area (Å²) < 4.78 is 56.0. The van der Waals surface area contributed by atoms with E-state index in [0.717, 1.165) is 0 Å². The summed E-state index contributed by atoms with van der Waals surface area (Å²) in [6.07, 6.45) is -3.82. The van der Waals surface area contributed by atoms with Gasteiger partial charge in [0.05, 0.1) is 29.3 Å². The average Bonchev–Trinajstić information content (AvgIpc) is 3.54. The molecule has 1 aromatic heterocycles. The second-order valence-electron chi connectivity index (χ2n) is 8.90. The Kier molecular flexibility index (Phi) is 4.95. The summed E-state index contributed by atoms with van der Waals surface area (Å²) in [6, 6.07) is 3.84. The maximum atomic E-state index is 13.1. The molecule has 1 aliphatic carbocycles. The van der Waals surface area contributed by atoms with Gasteiger partial charge in [0.2, 0.25) is 0 Å². The SMILES string of the molecule is CC1(C2Oc3cc(OCC(F)(F)F)c(Cl)cc3-c3c2cc(C(=O)O)c(=O)n3C2CC2)COC1. The first-order valence-corrected chi connectivity index (χ1v) is 10.7. The summed E-state index contributed by atoms with van der Waals surface area (Å²) in [5, 5.41) is 9.56. The van der Waals surface area contributed by atoms with Crippen molar-refractivity contribution in [2.45, 2.75) is 38.1 Å². The number of ether oxygens (including phenoxy) is 3. The predicted molar refractivity (Wildman–Crippen MR) is 110 cm³/mol. The lowest BCUT2D eigenvalue weighted by Gasteiger charge is -2.46. The molecule has 1 unspecified atom stereocenters. The molecule has 3 heterocycles. The third-order valence-electron chi connectivity index (χ3n) is 6.11. The minimum Gasteiger partial charge on any atom is -0.484 e. The zero-order valence-corrected chi connectivity index (χ0v) is 18.1. The number of alkyl halides is 3. The van der Waals surface area contributed by atoms with Gasteiger partial charge in [0.1, 0.15) is 23.2 Å². The Morgan fingerprint density at radius 1 is 1.30 bits per heavy atom. The minimum atomic E-state index is -4.55. The van der Waals surface area contributed by atoms with Crippen LogP contribution in [-0.2, 0) is 4.74 Å². The first kappa shape index (κ1) is 22.1. The number of hydrogen-bond acceptors (Lipinski definition) is 5. The van der Waals surface area contributed by atoms with Crippen molar-refractivity contribution in [3.63, 3.8) is 0 Å². The lowest BCUT2D eigenvalue weighted by molar-refractivity contribution is -0.156. The van der Waals surface area contributed by atoms with Crippen molar-refractivity contribution in [2.75, 3.05) is 19.8 Å². The van der Waals surface area contributed by atoms with Gasteiger partial charge in [-0.2, -0.15) is 13.2 Å². The number of hydrogen-bond donors (Lipinski definition) is 1. The third kappa shape index (κ3) is 3.74. The van der Waals surface area contributed by atoms with Gasteiger partial charge in [-0.1, -0.05) is 18.5 Å². The first-order valence-electron chi connectivity index (χ1n) is 10.3. The quantitative estimate of drug-likeness (QED) is 0.665. The van der Waals surface area contributed by atoms with Crippen molar-refractivity contribution >= 4 is 17.6 Å². The molecule has 2 fully saturated rings. The van der Waals surface area contributed by atoms with E-state index in [1.165, 1.54) is 22.8 Å². The van der Waals surface area contributed by atoms with Crippen LogP contribution in [0.4, 0.5) is 13.2 Å². The minimum absolute atomic E-state index is 0.0821. The van der Waals surface area contributed by atoms with E-state index in [0.29, 0.717) is 42.9 Å². The summed E-state index contributed by atoms with van der Waals surface area (Å²) in [5.41, 5.74) is -0.152. The molecule has 1 atom stereocenters. The summed E-state index contributed by atoms with van der Waals surface area (Å²) >= 11 is 6.24. The van der Waals surface area contributed by atoms with Crippen molar-refractivity contribution in [1.82, 2.24) is 4.57 Å². The Labute approximate surface area is 190 Å². The highest BCUT2D eigenvalue weighted by Gasteiger charge is 2.49. The van der Waals surface area contributed by atoms with E-state index in [4.69, 9.17) is 25.8 Å². The molecule has 176 valence electrons. The van der Waals surface area contributed by atoms with Crippen molar-refractivity contribution in [1.29, 1.82) is 0 Å². The van der Waals surface area contributed by atoms with Crippen LogP contribution in [0.2, 0.25) is 5.02 Å². The fourth-order valence-electron chi connectivity index (χ4n) is 4.35. The van der Waals surface area contributed by atoms with Crippen molar-refractivity contribution in [3.05, 3.63) is 44.7 Å². The van der Waals surface area contributed by atoms with Gasteiger partial charge in [0, 0.05) is 23.2 Å². The molecular formula is C22H19ClF3NO6. The molecular weight excluding hydrogens is 467 g/mol. The number of aromatic carboxylic acids is 1. The second kappa shape index (κ2) is 7.39. The molecule has 7 nitrogen and oxygen atoms in total. The fourth-order valence-corrected chi connectivity index (χ4v) is 4.56. The van der Waals surface area contributed by atoms with E-state index in [1.807, 2.05) is 6.92 Å². The third-order valence-corrected chi connectivity index (χ3v) is 6.41. The van der Waals surface area contributed by atoms with Crippen molar-refractivity contribution < 1.29 is 37.3 Å². The van der Waals surface area contributed by atoms with Gasteiger partial charge in [-0.15, -0.1) is 0 Å². The van der Waals surface area contributed by atoms with Crippen LogP contribution < -0.4 is 15.0 Å². The highest BCUT2D eigenvalue weighted by atomic mass is 35.5. The van der Waals surface area contributed by atoms with Gasteiger partial charge < -0.3 is 23.9 Å².